The molecule has 108 valence electrons. The first-order valence-electron chi connectivity index (χ1n) is 6.72. The Morgan fingerprint density at radius 2 is 2.15 bits per heavy atom. The number of hydrogen-bond donors (Lipinski definition) is 1. The van der Waals surface area contributed by atoms with E-state index in [1.807, 2.05) is 26.1 Å². The molecule has 0 fully saturated rings. The van der Waals surface area contributed by atoms with Gasteiger partial charge in [-0.2, -0.15) is 5.10 Å². The van der Waals surface area contributed by atoms with Crippen molar-refractivity contribution in [1.82, 2.24) is 25.1 Å². The van der Waals surface area contributed by atoms with Crippen molar-refractivity contribution in [3.63, 3.8) is 0 Å². The van der Waals surface area contributed by atoms with Crippen molar-refractivity contribution in [2.24, 2.45) is 7.05 Å². The van der Waals surface area contributed by atoms with Crippen LogP contribution in [0.4, 0.5) is 0 Å². The van der Waals surface area contributed by atoms with Gasteiger partial charge in [0.15, 0.2) is 5.82 Å². The molecule has 0 bridgehead atoms. The van der Waals surface area contributed by atoms with Gasteiger partial charge in [0.25, 0.3) is 0 Å². The van der Waals surface area contributed by atoms with E-state index in [1.165, 1.54) is 6.33 Å². The summed E-state index contributed by atoms with van der Waals surface area (Å²) in [4.78, 5) is 8.68. The molecule has 2 aromatic rings. The van der Waals surface area contributed by atoms with Gasteiger partial charge < -0.3 is 10.1 Å². The molecule has 2 heterocycles. The highest BCUT2D eigenvalue weighted by Crippen LogP contribution is 2.18. The lowest BCUT2D eigenvalue weighted by Crippen LogP contribution is -2.23. The summed E-state index contributed by atoms with van der Waals surface area (Å²) in [7, 11) is 1.85. The summed E-state index contributed by atoms with van der Waals surface area (Å²) < 4.78 is 7.53. The third-order valence-corrected chi connectivity index (χ3v) is 2.91. The fourth-order valence-corrected chi connectivity index (χ4v) is 1.75. The van der Waals surface area contributed by atoms with E-state index in [4.69, 9.17) is 4.74 Å². The molecule has 0 saturated heterocycles. The van der Waals surface area contributed by atoms with Crippen LogP contribution in [-0.2, 0) is 20.2 Å². The summed E-state index contributed by atoms with van der Waals surface area (Å²) >= 11 is 0. The molecule has 0 aromatic carbocycles. The normalized spacial score (nSPS) is 11.1. The highest BCUT2D eigenvalue weighted by atomic mass is 16.5. The maximum atomic E-state index is 5.82. The minimum Gasteiger partial charge on any atom is -0.484 e. The summed E-state index contributed by atoms with van der Waals surface area (Å²) in [6.07, 6.45) is 1.52. The summed E-state index contributed by atoms with van der Waals surface area (Å²) in [6.45, 7) is 7.26. The number of aromatic nitrogens is 4. The highest BCUT2D eigenvalue weighted by Gasteiger charge is 2.08. The zero-order valence-electron chi connectivity index (χ0n) is 12.4. The molecule has 2 aromatic heterocycles. The van der Waals surface area contributed by atoms with Crippen LogP contribution in [-0.4, -0.2) is 25.8 Å². The molecule has 1 N–H and O–H groups in total. The maximum Gasteiger partial charge on any atom is 0.164 e. The molecule has 0 spiro atoms. The van der Waals surface area contributed by atoms with Gasteiger partial charge in [-0.25, -0.2) is 4.98 Å². The van der Waals surface area contributed by atoms with Crippen LogP contribution in [0.25, 0.3) is 0 Å². The molecule has 0 unspecified atom stereocenters. The first kappa shape index (κ1) is 14.5. The van der Waals surface area contributed by atoms with Crippen LogP contribution in [0, 0.1) is 6.92 Å². The van der Waals surface area contributed by atoms with Gasteiger partial charge in [0, 0.05) is 25.3 Å². The SMILES string of the molecule is Cc1ccc(OCc2ncnn2C)c(CNC(C)C)n1. The van der Waals surface area contributed by atoms with Crippen LogP contribution in [0.1, 0.15) is 31.1 Å². The number of nitrogens with one attached hydrogen (secondary N) is 1. The van der Waals surface area contributed by atoms with E-state index in [1.54, 1.807) is 4.68 Å². The molecular formula is C14H21N5O. The second-order valence-electron chi connectivity index (χ2n) is 5.02. The fourth-order valence-electron chi connectivity index (χ4n) is 1.75. The van der Waals surface area contributed by atoms with E-state index < -0.39 is 0 Å². The van der Waals surface area contributed by atoms with Crippen molar-refractivity contribution >= 4 is 0 Å². The van der Waals surface area contributed by atoms with Crippen molar-refractivity contribution in [3.8, 4) is 5.75 Å². The van der Waals surface area contributed by atoms with Gasteiger partial charge >= 0.3 is 0 Å². The summed E-state index contributed by atoms with van der Waals surface area (Å²) in [5.41, 5.74) is 1.90. The second-order valence-corrected chi connectivity index (χ2v) is 5.02. The summed E-state index contributed by atoms with van der Waals surface area (Å²) in [5, 5.41) is 7.38. The lowest BCUT2D eigenvalue weighted by atomic mass is 10.2. The number of rotatable bonds is 6. The first-order chi connectivity index (χ1) is 9.56. The number of aryl methyl sites for hydroxylation is 2. The van der Waals surface area contributed by atoms with E-state index in [9.17, 15) is 0 Å². The third-order valence-electron chi connectivity index (χ3n) is 2.91. The average molecular weight is 275 g/mol. The third kappa shape index (κ3) is 3.77. The number of nitrogens with zero attached hydrogens (tertiary/aromatic N) is 4. The van der Waals surface area contributed by atoms with Gasteiger partial charge in [0.2, 0.25) is 0 Å². The lowest BCUT2D eigenvalue weighted by Gasteiger charge is -2.13. The molecule has 0 aliphatic carbocycles. The lowest BCUT2D eigenvalue weighted by molar-refractivity contribution is 0.284. The van der Waals surface area contributed by atoms with Crippen molar-refractivity contribution in [3.05, 3.63) is 35.7 Å². The largest absolute Gasteiger partial charge is 0.484 e. The van der Waals surface area contributed by atoms with E-state index in [0.29, 0.717) is 19.2 Å². The van der Waals surface area contributed by atoms with Crippen LogP contribution in [0.5, 0.6) is 5.75 Å². The zero-order valence-corrected chi connectivity index (χ0v) is 12.4. The fraction of sp³-hybridized carbons (Fsp3) is 0.500. The molecule has 0 radical (unpaired) electrons. The monoisotopic (exact) mass is 275 g/mol. The molecule has 6 heteroatoms. The molecule has 2 rings (SSSR count). The van der Waals surface area contributed by atoms with Crippen molar-refractivity contribution in [2.75, 3.05) is 0 Å². The Morgan fingerprint density at radius 1 is 1.35 bits per heavy atom. The van der Waals surface area contributed by atoms with Gasteiger partial charge in [-0.1, -0.05) is 13.8 Å². The van der Waals surface area contributed by atoms with E-state index in [0.717, 1.165) is 23.0 Å². The summed E-state index contributed by atoms with van der Waals surface area (Å²) in [6, 6.07) is 4.31. The average Bonchev–Trinajstić information content (AvgIpc) is 2.81. The molecule has 6 nitrogen and oxygen atoms in total. The second kappa shape index (κ2) is 6.47. The smallest absolute Gasteiger partial charge is 0.164 e. The molecule has 0 saturated carbocycles. The van der Waals surface area contributed by atoms with Gasteiger partial charge in [0.05, 0.1) is 5.69 Å². The quantitative estimate of drug-likeness (QED) is 0.867. The Morgan fingerprint density at radius 3 is 2.80 bits per heavy atom. The minimum atomic E-state index is 0.385. The molecule has 0 amide bonds. The van der Waals surface area contributed by atoms with E-state index >= 15 is 0 Å². The Labute approximate surface area is 119 Å². The molecule has 0 aliphatic rings. The Kier molecular flexibility index (Phi) is 4.68. The van der Waals surface area contributed by atoms with Crippen LogP contribution < -0.4 is 10.1 Å². The Hall–Kier alpha value is -1.95. The topological polar surface area (TPSA) is 64.9 Å². The Balaban J connectivity index is 2.08. The standard InChI is InChI=1S/C14H21N5O/c1-10(2)15-7-12-13(6-5-11(3)18-12)20-8-14-16-9-17-19(14)4/h5-6,9-10,15H,7-8H2,1-4H3. The van der Waals surface area contributed by atoms with Gasteiger partial charge in [-0.3, -0.25) is 9.67 Å². The molecule has 0 aliphatic heterocycles. The predicted molar refractivity (Wildman–Crippen MR) is 76.3 cm³/mol. The minimum absolute atomic E-state index is 0.385. The van der Waals surface area contributed by atoms with E-state index in [-0.39, 0.29) is 0 Å². The molecule has 0 atom stereocenters. The molecule has 20 heavy (non-hydrogen) atoms. The zero-order chi connectivity index (χ0) is 14.5. The first-order valence-corrected chi connectivity index (χ1v) is 6.72. The van der Waals surface area contributed by atoms with Crippen LogP contribution in [0.3, 0.4) is 0 Å². The van der Waals surface area contributed by atoms with E-state index in [2.05, 4.69) is 34.2 Å². The Bertz CT molecular complexity index is 564. The predicted octanol–water partition coefficient (Wildman–Crippen LogP) is 1.60. The van der Waals surface area contributed by atoms with Crippen LogP contribution in [0.2, 0.25) is 0 Å². The maximum absolute atomic E-state index is 5.82. The van der Waals surface area contributed by atoms with Gasteiger partial charge in [-0.15, -0.1) is 0 Å². The van der Waals surface area contributed by atoms with Gasteiger partial charge in [0.1, 0.15) is 18.7 Å². The number of pyridine rings is 1. The summed E-state index contributed by atoms with van der Waals surface area (Å²) in [5.74, 6) is 1.57. The number of hydrogen-bond acceptors (Lipinski definition) is 5. The van der Waals surface area contributed by atoms with Crippen LogP contribution in [0.15, 0.2) is 18.5 Å². The van der Waals surface area contributed by atoms with Gasteiger partial charge in [-0.05, 0) is 19.1 Å². The van der Waals surface area contributed by atoms with Crippen molar-refractivity contribution < 1.29 is 4.74 Å². The van der Waals surface area contributed by atoms with Crippen molar-refractivity contribution in [2.45, 2.75) is 40.0 Å². The molecular weight excluding hydrogens is 254 g/mol. The van der Waals surface area contributed by atoms with Crippen molar-refractivity contribution in [1.29, 1.82) is 0 Å². The van der Waals surface area contributed by atoms with Crippen LogP contribution >= 0.6 is 0 Å². The number of ether oxygens (including phenoxy) is 1. The highest BCUT2D eigenvalue weighted by molar-refractivity contribution is 5.29.